The number of hydrogen-bond acceptors (Lipinski definition) is 3. The fourth-order valence-electron chi connectivity index (χ4n) is 1.05. The molecule has 0 atom stereocenters. The third-order valence-corrected chi connectivity index (χ3v) is 1.69. The third kappa shape index (κ3) is 2.11. The lowest BCUT2D eigenvalue weighted by molar-refractivity contribution is 0.315. The van der Waals surface area contributed by atoms with Crippen molar-refractivity contribution in [3.8, 4) is 0 Å². The van der Waals surface area contributed by atoms with Gasteiger partial charge in [-0.25, -0.2) is 0 Å². The predicted octanol–water partition coefficient (Wildman–Crippen LogP) is 2.38. The predicted molar refractivity (Wildman–Crippen MR) is 50.8 cm³/mol. The molecule has 2 rings (SSSR count). The van der Waals surface area contributed by atoms with Gasteiger partial charge in [-0.2, -0.15) is 10.2 Å². The van der Waals surface area contributed by atoms with Crippen molar-refractivity contribution < 1.29 is 0 Å². The van der Waals surface area contributed by atoms with Crippen LogP contribution >= 0.6 is 0 Å². The molecule has 4 heteroatoms. The Kier molecular flexibility index (Phi) is 2.31. The van der Waals surface area contributed by atoms with E-state index in [4.69, 9.17) is 0 Å². The summed E-state index contributed by atoms with van der Waals surface area (Å²) in [5.41, 5.74) is 0.851. The molecule has 1 aromatic rings. The van der Waals surface area contributed by atoms with Crippen LogP contribution < -0.4 is 0 Å². The molecule has 0 bridgehead atoms. The Balaban J connectivity index is 2.01. The lowest BCUT2D eigenvalue weighted by Gasteiger charge is -2.01. The summed E-state index contributed by atoms with van der Waals surface area (Å²) in [5, 5.41) is 13.6. The smallest absolute Gasteiger partial charge is 0.0874 e. The maximum absolute atomic E-state index is 4.03. The summed E-state index contributed by atoms with van der Waals surface area (Å²) in [4.78, 5) is 0. The topological polar surface area (TPSA) is 40.3 Å². The minimum absolute atomic E-state index is 0.830. The van der Waals surface area contributed by atoms with Gasteiger partial charge in [0.1, 0.15) is 0 Å². The van der Waals surface area contributed by atoms with Crippen molar-refractivity contribution in [2.75, 3.05) is 6.54 Å². The van der Waals surface area contributed by atoms with Crippen molar-refractivity contribution >= 4 is 11.9 Å². The van der Waals surface area contributed by atoms with Gasteiger partial charge in [0.25, 0.3) is 0 Å². The molecule has 0 spiro atoms. The molecular weight excluding hydrogens is 164 g/mol. The van der Waals surface area contributed by atoms with Crippen LogP contribution in [-0.2, 0) is 0 Å². The van der Waals surface area contributed by atoms with Gasteiger partial charge in [0, 0.05) is 12.6 Å². The second kappa shape index (κ2) is 3.80. The average Bonchev–Trinajstić information content (AvgIpc) is 2.69. The van der Waals surface area contributed by atoms with Crippen molar-refractivity contribution in [2.45, 2.75) is 6.42 Å². The van der Waals surface area contributed by atoms with Crippen LogP contribution in [0, 0.1) is 0 Å². The monoisotopic (exact) mass is 174 g/mol. The van der Waals surface area contributed by atoms with Gasteiger partial charge in [0.05, 0.1) is 12.2 Å². The molecule has 0 saturated carbocycles. The molecule has 0 aliphatic carbocycles. The highest BCUT2D eigenvalue weighted by Gasteiger charge is 2.02. The first-order valence-electron chi connectivity index (χ1n) is 4.22. The van der Waals surface area contributed by atoms with Crippen molar-refractivity contribution in [1.29, 1.82) is 0 Å². The van der Waals surface area contributed by atoms with E-state index in [1.807, 2.05) is 36.5 Å². The number of benzene rings is 1. The number of nitrogens with zero attached hydrogens (tertiary/aromatic N) is 4. The minimum Gasteiger partial charge on any atom is -0.167 e. The van der Waals surface area contributed by atoms with Gasteiger partial charge in [-0.15, -0.1) is 5.11 Å². The maximum Gasteiger partial charge on any atom is 0.0874 e. The molecule has 66 valence electrons. The number of hydrazone groups is 1. The molecule has 13 heavy (non-hydrogen) atoms. The van der Waals surface area contributed by atoms with Crippen molar-refractivity contribution in [3.63, 3.8) is 0 Å². The number of hydrogen-bond donors (Lipinski definition) is 0. The molecule has 0 radical (unpaired) electrons. The maximum atomic E-state index is 4.03. The molecule has 1 aromatic carbocycles. The first-order chi connectivity index (χ1) is 6.45. The van der Waals surface area contributed by atoms with Crippen LogP contribution in [-0.4, -0.2) is 17.9 Å². The van der Waals surface area contributed by atoms with Crippen molar-refractivity contribution in [2.24, 2.45) is 15.4 Å². The highest BCUT2D eigenvalue weighted by molar-refractivity contribution is 5.58. The largest absolute Gasteiger partial charge is 0.167 e. The van der Waals surface area contributed by atoms with E-state index in [2.05, 4.69) is 15.4 Å². The molecule has 1 aliphatic heterocycles. The van der Waals surface area contributed by atoms with E-state index < -0.39 is 0 Å². The van der Waals surface area contributed by atoms with Crippen molar-refractivity contribution in [1.82, 2.24) is 5.12 Å². The summed E-state index contributed by atoms with van der Waals surface area (Å²) in [6.45, 7) is 0.830. The van der Waals surface area contributed by atoms with Gasteiger partial charge in [0.15, 0.2) is 0 Å². The van der Waals surface area contributed by atoms with E-state index in [-0.39, 0.29) is 0 Å². The Labute approximate surface area is 76.6 Å². The first kappa shape index (κ1) is 7.91. The zero-order valence-electron chi connectivity index (χ0n) is 7.17. The molecule has 0 N–H and O–H groups in total. The van der Waals surface area contributed by atoms with Crippen LogP contribution in [0.25, 0.3) is 0 Å². The summed E-state index contributed by atoms with van der Waals surface area (Å²) < 4.78 is 0. The van der Waals surface area contributed by atoms with Crippen LogP contribution in [0.2, 0.25) is 0 Å². The molecule has 1 aliphatic rings. The summed E-state index contributed by atoms with van der Waals surface area (Å²) >= 11 is 0. The normalized spacial score (nSPS) is 15.8. The highest BCUT2D eigenvalue weighted by Crippen LogP contribution is 2.11. The van der Waals surface area contributed by atoms with E-state index in [0.29, 0.717) is 0 Å². The molecule has 0 aromatic heterocycles. The van der Waals surface area contributed by atoms with E-state index in [0.717, 1.165) is 18.7 Å². The second-order valence-corrected chi connectivity index (χ2v) is 2.71. The molecule has 4 nitrogen and oxygen atoms in total. The minimum atomic E-state index is 0.830. The van der Waals surface area contributed by atoms with Crippen LogP contribution in [0.1, 0.15) is 6.42 Å². The number of rotatable bonds is 2. The lowest BCUT2D eigenvalue weighted by atomic mass is 10.3. The fourth-order valence-corrected chi connectivity index (χ4v) is 1.05. The average molecular weight is 174 g/mol. The SMILES string of the molecule is C1=NN(N=Nc2ccccc2)CC1. The van der Waals surface area contributed by atoms with Crippen LogP contribution in [0.4, 0.5) is 5.69 Å². The quantitative estimate of drug-likeness (QED) is 0.634. The summed E-state index contributed by atoms with van der Waals surface area (Å²) in [7, 11) is 0. The lowest BCUT2D eigenvalue weighted by Crippen LogP contribution is -2.03. The molecule has 0 fully saturated rings. The molecule has 0 amide bonds. The Morgan fingerprint density at radius 3 is 2.77 bits per heavy atom. The van der Waals surface area contributed by atoms with Crippen molar-refractivity contribution in [3.05, 3.63) is 30.3 Å². The molecular formula is C9H10N4. The van der Waals surface area contributed by atoms with Gasteiger partial charge in [-0.1, -0.05) is 18.2 Å². The van der Waals surface area contributed by atoms with E-state index in [9.17, 15) is 0 Å². The zero-order chi connectivity index (χ0) is 8.93. The Hall–Kier alpha value is -1.71. The summed E-state index contributed by atoms with van der Waals surface area (Å²) in [5.74, 6) is 0. The van der Waals surface area contributed by atoms with Gasteiger partial charge < -0.3 is 0 Å². The Morgan fingerprint density at radius 1 is 1.23 bits per heavy atom. The molecule has 0 unspecified atom stereocenters. The van der Waals surface area contributed by atoms with Gasteiger partial charge >= 0.3 is 0 Å². The van der Waals surface area contributed by atoms with E-state index in [1.54, 1.807) is 5.12 Å². The van der Waals surface area contributed by atoms with E-state index in [1.165, 1.54) is 0 Å². The Bertz CT molecular complexity index is 318. The third-order valence-electron chi connectivity index (χ3n) is 1.69. The molecule has 1 heterocycles. The van der Waals surface area contributed by atoms with Crippen LogP contribution in [0.5, 0.6) is 0 Å². The van der Waals surface area contributed by atoms with Crippen LogP contribution in [0.3, 0.4) is 0 Å². The van der Waals surface area contributed by atoms with Gasteiger partial charge in [-0.05, 0) is 17.4 Å². The summed E-state index contributed by atoms with van der Waals surface area (Å²) in [6, 6.07) is 9.63. The van der Waals surface area contributed by atoms with E-state index >= 15 is 0 Å². The fraction of sp³-hybridized carbons (Fsp3) is 0.222. The zero-order valence-corrected chi connectivity index (χ0v) is 7.17. The Morgan fingerprint density at radius 2 is 2.08 bits per heavy atom. The standard InChI is InChI=1S/C9H10N4/c1-2-5-9(6-3-1)11-12-13-8-4-7-10-13/h1-3,5-7H,4,8H2. The first-order valence-corrected chi connectivity index (χ1v) is 4.22. The van der Waals surface area contributed by atoms with Gasteiger partial charge in [0.2, 0.25) is 0 Å². The van der Waals surface area contributed by atoms with Crippen LogP contribution in [0.15, 0.2) is 45.8 Å². The summed E-state index contributed by atoms with van der Waals surface area (Å²) in [6.07, 6.45) is 2.79. The highest BCUT2D eigenvalue weighted by atomic mass is 15.7. The van der Waals surface area contributed by atoms with Gasteiger partial charge in [-0.3, -0.25) is 0 Å². The second-order valence-electron chi connectivity index (χ2n) is 2.71. The molecule has 0 saturated heterocycles.